The van der Waals surface area contributed by atoms with E-state index in [-0.39, 0.29) is 30.0 Å². The zero-order valence-corrected chi connectivity index (χ0v) is 30.1. The molecule has 0 saturated carbocycles. The van der Waals surface area contributed by atoms with E-state index in [0.717, 1.165) is 75.2 Å². The van der Waals surface area contributed by atoms with Crippen molar-refractivity contribution < 1.29 is 19.2 Å². The molecular formula is C38H50N10O4. The third-order valence-corrected chi connectivity index (χ3v) is 10.4. The number of rotatable bonds is 13. The van der Waals surface area contributed by atoms with Gasteiger partial charge in [-0.3, -0.25) is 24.1 Å². The summed E-state index contributed by atoms with van der Waals surface area (Å²) in [5, 5.41) is 6.06. The minimum absolute atomic E-state index is 0.0444. The molecule has 0 spiro atoms. The number of amides is 4. The number of carbonyl (C=O) groups excluding carboxylic acids is 4. The number of hydrogen-bond donors (Lipinski definition) is 2. The average molecular weight is 711 g/mol. The molecule has 3 aliphatic rings. The van der Waals surface area contributed by atoms with E-state index in [9.17, 15) is 19.2 Å². The van der Waals surface area contributed by atoms with Gasteiger partial charge in [-0.15, -0.1) is 0 Å². The largest absolute Gasteiger partial charge is 0.342 e. The van der Waals surface area contributed by atoms with Crippen LogP contribution in [0.3, 0.4) is 0 Å². The number of piperidine rings is 1. The third-order valence-electron chi connectivity index (χ3n) is 10.4. The average Bonchev–Trinajstić information content (AvgIpc) is 3.19. The van der Waals surface area contributed by atoms with Crippen LogP contribution in [-0.4, -0.2) is 149 Å². The first-order valence-corrected chi connectivity index (χ1v) is 18.4. The van der Waals surface area contributed by atoms with Crippen molar-refractivity contribution in [3.05, 3.63) is 72.1 Å². The van der Waals surface area contributed by atoms with E-state index in [0.29, 0.717) is 64.0 Å². The number of likely N-dealkylation sites (tertiary alicyclic amines) is 1. The molecule has 0 atom stereocenters. The van der Waals surface area contributed by atoms with Crippen LogP contribution < -0.4 is 10.6 Å². The molecule has 14 nitrogen and oxygen atoms in total. The first kappa shape index (κ1) is 37.0. The number of aromatic nitrogens is 3. The molecule has 4 amide bonds. The molecule has 5 heterocycles. The first-order chi connectivity index (χ1) is 25.4. The number of piperazine rings is 2. The predicted octanol–water partition coefficient (Wildman–Crippen LogP) is 1.60. The van der Waals surface area contributed by atoms with E-state index >= 15 is 0 Å². The standard InChI is InChI=1S/C38H50N10O4/c1-2-29-3-5-31(6-4-29)32-21-34(43-35(50)24-40-23-33-7-10-39-27-42-33)37(41-22-32)38(52)48-11-8-30(9-12-48)25-44-13-15-45(16-14-44)26-36(51)47-19-17-46(28-49)18-20-47/h3-7,10,21-22,27-28,30,40H,2,8-9,11-20,23-26H2,1H3,(H,43,50). The Morgan fingerprint density at radius 2 is 1.58 bits per heavy atom. The van der Waals surface area contributed by atoms with Crippen molar-refractivity contribution in [2.45, 2.75) is 32.7 Å². The van der Waals surface area contributed by atoms with E-state index in [1.165, 1.54) is 11.9 Å². The summed E-state index contributed by atoms with van der Waals surface area (Å²) < 4.78 is 0. The Morgan fingerprint density at radius 3 is 2.25 bits per heavy atom. The quantitative estimate of drug-likeness (QED) is 0.251. The molecule has 3 saturated heterocycles. The van der Waals surface area contributed by atoms with Gasteiger partial charge >= 0.3 is 0 Å². The van der Waals surface area contributed by atoms with Crippen LogP contribution in [0.25, 0.3) is 11.1 Å². The molecule has 52 heavy (non-hydrogen) atoms. The highest BCUT2D eigenvalue weighted by molar-refractivity contribution is 6.03. The monoisotopic (exact) mass is 710 g/mol. The number of nitrogens with zero attached hydrogens (tertiary/aromatic N) is 8. The molecule has 0 radical (unpaired) electrons. The second kappa shape index (κ2) is 18.1. The third kappa shape index (κ3) is 9.96. The van der Waals surface area contributed by atoms with Crippen molar-refractivity contribution in [3.8, 4) is 11.1 Å². The second-order valence-corrected chi connectivity index (χ2v) is 13.9. The molecular weight excluding hydrogens is 660 g/mol. The van der Waals surface area contributed by atoms with Crippen LogP contribution in [0.2, 0.25) is 0 Å². The Kier molecular flexibility index (Phi) is 12.9. The summed E-state index contributed by atoms with van der Waals surface area (Å²) in [6, 6.07) is 11.9. The second-order valence-electron chi connectivity index (χ2n) is 13.9. The van der Waals surface area contributed by atoms with Crippen LogP contribution in [0.15, 0.2) is 55.1 Å². The molecule has 3 aromatic rings. The van der Waals surface area contributed by atoms with Gasteiger partial charge in [0.2, 0.25) is 18.2 Å². The minimum Gasteiger partial charge on any atom is -0.342 e. The van der Waals surface area contributed by atoms with Gasteiger partial charge in [-0.05, 0) is 48.4 Å². The van der Waals surface area contributed by atoms with Crippen molar-refractivity contribution in [1.82, 2.24) is 44.8 Å². The summed E-state index contributed by atoms with van der Waals surface area (Å²) in [5.41, 5.74) is 4.43. The Bertz CT molecular complexity index is 1650. The predicted molar refractivity (Wildman–Crippen MR) is 197 cm³/mol. The lowest BCUT2D eigenvalue weighted by atomic mass is 9.95. The van der Waals surface area contributed by atoms with Crippen LogP contribution in [0.5, 0.6) is 0 Å². The minimum atomic E-state index is -0.274. The maximum atomic E-state index is 13.9. The Labute approximate surface area is 305 Å². The van der Waals surface area contributed by atoms with E-state index in [1.54, 1.807) is 23.4 Å². The highest BCUT2D eigenvalue weighted by atomic mass is 16.2. The molecule has 0 bridgehead atoms. The lowest BCUT2D eigenvalue weighted by Crippen LogP contribution is -2.54. The van der Waals surface area contributed by atoms with Gasteiger partial charge in [0.1, 0.15) is 6.33 Å². The number of carbonyl (C=O) groups is 4. The van der Waals surface area contributed by atoms with Crippen LogP contribution in [0, 0.1) is 5.92 Å². The Morgan fingerprint density at radius 1 is 0.846 bits per heavy atom. The zero-order chi connectivity index (χ0) is 36.3. The van der Waals surface area contributed by atoms with Gasteiger partial charge in [0, 0.05) is 96.5 Å². The fraction of sp³-hybridized carbons (Fsp3) is 0.500. The molecule has 3 fully saturated rings. The van der Waals surface area contributed by atoms with Gasteiger partial charge in [0.05, 0.1) is 24.5 Å². The van der Waals surface area contributed by atoms with E-state index in [4.69, 9.17) is 0 Å². The summed E-state index contributed by atoms with van der Waals surface area (Å²) >= 11 is 0. The van der Waals surface area contributed by atoms with Crippen molar-refractivity contribution in [3.63, 3.8) is 0 Å². The fourth-order valence-corrected chi connectivity index (χ4v) is 7.07. The number of nitrogens with one attached hydrogen (secondary N) is 2. The van der Waals surface area contributed by atoms with Crippen LogP contribution in [-0.2, 0) is 27.3 Å². The molecule has 14 heteroatoms. The number of hydrogen-bond acceptors (Lipinski definition) is 10. The fourth-order valence-electron chi connectivity index (χ4n) is 7.07. The topological polar surface area (TPSA) is 147 Å². The summed E-state index contributed by atoms with van der Waals surface area (Å²) in [7, 11) is 0. The van der Waals surface area contributed by atoms with Gasteiger partial charge in [0.15, 0.2) is 5.69 Å². The molecule has 2 N–H and O–H groups in total. The van der Waals surface area contributed by atoms with Crippen LogP contribution in [0.1, 0.15) is 41.5 Å². The van der Waals surface area contributed by atoms with Crippen LogP contribution in [0.4, 0.5) is 5.69 Å². The smallest absolute Gasteiger partial charge is 0.274 e. The normalized spacial score (nSPS) is 17.6. The number of pyridine rings is 1. The lowest BCUT2D eigenvalue weighted by Gasteiger charge is -2.39. The molecule has 3 aliphatic heterocycles. The molecule has 276 valence electrons. The van der Waals surface area contributed by atoms with Gasteiger partial charge in [-0.2, -0.15) is 0 Å². The molecule has 0 unspecified atom stereocenters. The van der Waals surface area contributed by atoms with E-state index in [1.807, 2.05) is 28.0 Å². The zero-order valence-electron chi connectivity index (χ0n) is 30.1. The van der Waals surface area contributed by atoms with Gasteiger partial charge in [-0.25, -0.2) is 15.0 Å². The maximum Gasteiger partial charge on any atom is 0.274 e. The number of benzene rings is 1. The van der Waals surface area contributed by atoms with E-state index in [2.05, 4.69) is 54.4 Å². The molecule has 6 rings (SSSR count). The highest BCUT2D eigenvalue weighted by Gasteiger charge is 2.30. The number of aryl methyl sites for hydroxylation is 1. The first-order valence-electron chi connectivity index (χ1n) is 18.4. The summed E-state index contributed by atoms with van der Waals surface area (Å²) in [6.45, 7) is 11.2. The van der Waals surface area contributed by atoms with Crippen molar-refractivity contribution in [2.24, 2.45) is 5.92 Å². The Balaban J connectivity index is 1.01. The SMILES string of the molecule is CCc1ccc(-c2cnc(C(=O)N3CCC(CN4CCN(CC(=O)N5CCN(C=O)CC5)CC4)CC3)c(NC(=O)CNCc3ccncn3)c2)cc1. The molecule has 0 aliphatic carbocycles. The molecule has 2 aromatic heterocycles. The van der Waals surface area contributed by atoms with Gasteiger partial charge in [-0.1, -0.05) is 31.2 Å². The summed E-state index contributed by atoms with van der Waals surface area (Å²) in [6.07, 6.45) is 8.43. The van der Waals surface area contributed by atoms with Gasteiger partial charge < -0.3 is 30.2 Å². The van der Waals surface area contributed by atoms with Crippen LogP contribution >= 0.6 is 0 Å². The summed E-state index contributed by atoms with van der Waals surface area (Å²) in [5.74, 6) is 0.169. The maximum absolute atomic E-state index is 13.9. The van der Waals surface area contributed by atoms with Crippen molar-refractivity contribution in [1.29, 1.82) is 0 Å². The van der Waals surface area contributed by atoms with E-state index < -0.39 is 0 Å². The number of anilines is 1. The van der Waals surface area contributed by atoms with Gasteiger partial charge in [0.25, 0.3) is 5.91 Å². The van der Waals surface area contributed by atoms with Crippen molar-refractivity contribution >= 4 is 29.8 Å². The van der Waals surface area contributed by atoms with Crippen molar-refractivity contribution in [2.75, 3.05) is 90.4 Å². The molecule has 1 aromatic carbocycles. The Hall–Kier alpha value is -4.79. The lowest BCUT2D eigenvalue weighted by molar-refractivity contribution is -0.136. The highest BCUT2D eigenvalue weighted by Crippen LogP contribution is 2.27. The summed E-state index contributed by atoms with van der Waals surface area (Å²) in [4.78, 5) is 73.7.